The fraction of sp³-hybridized carbons (Fsp3) is 0.409. The number of fused-ring (bicyclic) bond motifs is 1. The molecule has 3 aliphatic rings. The smallest absolute Gasteiger partial charge is 0.257 e. The molecular formula is C22H23N5O4. The molecule has 1 aliphatic carbocycles. The lowest BCUT2D eigenvalue weighted by molar-refractivity contribution is -0.119. The Morgan fingerprint density at radius 3 is 2.81 bits per heavy atom. The van der Waals surface area contributed by atoms with Crippen molar-refractivity contribution in [1.29, 1.82) is 0 Å². The Bertz CT molecular complexity index is 1190. The predicted molar refractivity (Wildman–Crippen MR) is 113 cm³/mol. The number of benzene rings is 1. The minimum atomic E-state index is -0.376. The third-order valence-corrected chi connectivity index (χ3v) is 5.97. The van der Waals surface area contributed by atoms with Gasteiger partial charge in [0.2, 0.25) is 5.91 Å². The summed E-state index contributed by atoms with van der Waals surface area (Å²) in [5.74, 6) is 2.66. The van der Waals surface area contributed by atoms with Crippen LogP contribution in [0.1, 0.15) is 19.3 Å². The number of primary amides is 1. The van der Waals surface area contributed by atoms with Crippen molar-refractivity contribution >= 4 is 22.6 Å². The van der Waals surface area contributed by atoms with Gasteiger partial charge in [0, 0.05) is 30.1 Å². The summed E-state index contributed by atoms with van der Waals surface area (Å²) >= 11 is 0. The zero-order valence-corrected chi connectivity index (χ0v) is 17.0. The Labute approximate surface area is 178 Å². The van der Waals surface area contributed by atoms with Gasteiger partial charge in [0.1, 0.15) is 36.3 Å². The molecule has 1 fully saturated rings. The topological polar surface area (TPSA) is 114 Å². The molecule has 0 unspecified atom stereocenters. The molecule has 6 rings (SSSR count). The maximum Gasteiger partial charge on any atom is 0.257 e. The molecule has 9 nitrogen and oxygen atoms in total. The zero-order valence-electron chi connectivity index (χ0n) is 17.0. The average molecular weight is 421 g/mol. The molecule has 1 saturated carbocycles. The molecular weight excluding hydrogens is 398 g/mol. The number of ether oxygens (including phenoxy) is 3. The largest absolute Gasteiger partial charge is 0.491 e. The van der Waals surface area contributed by atoms with Gasteiger partial charge in [-0.15, -0.1) is 0 Å². The molecule has 0 saturated heterocycles. The number of nitrogens with one attached hydrogen (secondary N) is 1. The van der Waals surface area contributed by atoms with Crippen LogP contribution in [-0.2, 0) is 11.3 Å². The molecule has 2 aliphatic heterocycles. The summed E-state index contributed by atoms with van der Waals surface area (Å²) in [6, 6.07) is 5.44. The first-order chi connectivity index (χ1) is 15.2. The molecule has 3 N–H and O–H groups in total. The summed E-state index contributed by atoms with van der Waals surface area (Å²) in [6.45, 7) is 2.40. The summed E-state index contributed by atoms with van der Waals surface area (Å²) in [4.78, 5) is 21.2. The van der Waals surface area contributed by atoms with Crippen molar-refractivity contribution in [3.63, 3.8) is 0 Å². The Morgan fingerprint density at radius 2 is 1.97 bits per heavy atom. The van der Waals surface area contributed by atoms with Crippen LogP contribution in [0.3, 0.4) is 0 Å². The van der Waals surface area contributed by atoms with Crippen LogP contribution >= 0.6 is 0 Å². The van der Waals surface area contributed by atoms with Crippen molar-refractivity contribution in [3.8, 4) is 28.8 Å². The van der Waals surface area contributed by atoms with Crippen molar-refractivity contribution in [1.82, 2.24) is 14.5 Å². The van der Waals surface area contributed by atoms with E-state index in [9.17, 15) is 4.79 Å². The average Bonchev–Trinajstić information content (AvgIpc) is 3.57. The number of imidazole rings is 1. The van der Waals surface area contributed by atoms with E-state index in [-0.39, 0.29) is 11.9 Å². The van der Waals surface area contributed by atoms with Crippen molar-refractivity contribution in [2.24, 2.45) is 11.7 Å². The van der Waals surface area contributed by atoms with Crippen molar-refractivity contribution in [2.45, 2.75) is 31.8 Å². The highest BCUT2D eigenvalue weighted by atomic mass is 16.6. The second-order valence-corrected chi connectivity index (χ2v) is 8.22. The second-order valence-electron chi connectivity index (χ2n) is 8.22. The van der Waals surface area contributed by atoms with Gasteiger partial charge >= 0.3 is 0 Å². The highest BCUT2D eigenvalue weighted by Crippen LogP contribution is 2.39. The third-order valence-electron chi connectivity index (χ3n) is 5.97. The minimum absolute atomic E-state index is 0.296. The molecule has 9 heteroatoms. The van der Waals surface area contributed by atoms with Crippen LogP contribution in [0.25, 0.3) is 22.4 Å². The van der Waals surface area contributed by atoms with E-state index in [0.29, 0.717) is 37.4 Å². The van der Waals surface area contributed by atoms with E-state index in [1.165, 1.54) is 0 Å². The minimum Gasteiger partial charge on any atom is -0.491 e. The van der Waals surface area contributed by atoms with Crippen LogP contribution in [0.4, 0.5) is 5.69 Å². The van der Waals surface area contributed by atoms with Crippen LogP contribution in [0, 0.1) is 5.92 Å². The highest BCUT2D eigenvalue weighted by Gasteiger charge is 2.35. The predicted octanol–water partition coefficient (Wildman–Crippen LogP) is 2.33. The Morgan fingerprint density at radius 1 is 1.13 bits per heavy atom. The number of anilines is 1. The number of hydrogen-bond acceptors (Lipinski definition) is 7. The van der Waals surface area contributed by atoms with Gasteiger partial charge in [0.15, 0.2) is 5.75 Å². The normalized spacial score (nSPS) is 18.2. The van der Waals surface area contributed by atoms with Crippen molar-refractivity contribution in [3.05, 3.63) is 24.4 Å². The Balaban J connectivity index is 1.45. The maximum absolute atomic E-state index is 11.9. The van der Waals surface area contributed by atoms with Crippen LogP contribution in [-0.4, -0.2) is 46.3 Å². The number of carbonyl (C=O) groups excluding carboxylic acids is 1. The van der Waals surface area contributed by atoms with Gasteiger partial charge in [-0.25, -0.2) is 9.97 Å². The number of rotatable bonds is 5. The van der Waals surface area contributed by atoms with Crippen LogP contribution in [0.2, 0.25) is 0 Å². The number of nitrogens with two attached hydrogens (primary N) is 1. The molecule has 160 valence electrons. The number of hydrogen-bond donors (Lipinski definition) is 2. The quantitative estimate of drug-likeness (QED) is 0.650. The zero-order chi connectivity index (χ0) is 20.9. The Hall–Kier alpha value is -3.49. The van der Waals surface area contributed by atoms with E-state index in [1.807, 2.05) is 18.2 Å². The third kappa shape index (κ3) is 3.20. The van der Waals surface area contributed by atoms with E-state index < -0.39 is 0 Å². The van der Waals surface area contributed by atoms with Crippen LogP contribution in [0.15, 0.2) is 24.4 Å². The van der Waals surface area contributed by atoms with E-state index in [2.05, 4.69) is 14.9 Å². The molecule has 1 amide bonds. The van der Waals surface area contributed by atoms with Gasteiger partial charge in [-0.1, -0.05) is 0 Å². The van der Waals surface area contributed by atoms with E-state index in [4.69, 9.17) is 24.9 Å². The molecule has 3 aromatic rings. The molecule has 1 aromatic carbocycles. The van der Waals surface area contributed by atoms with Gasteiger partial charge in [-0.2, -0.15) is 0 Å². The van der Waals surface area contributed by atoms with E-state index in [0.717, 1.165) is 59.7 Å². The first-order valence-electron chi connectivity index (χ1n) is 10.7. The van der Waals surface area contributed by atoms with Crippen molar-refractivity contribution in [2.75, 3.05) is 25.1 Å². The molecule has 0 radical (unpaired) electrons. The van der Waals surface area contributed by atoms with Gasteiger partial charge < -0.3 is 29.8 Å². The van der Waals surface area contributed by atoms with Gasteiger partial charge in [0.25, 0.3) is 5.88 Å². The molecule has 0 bridgehead atoms. The number of aryl methyl sites for hydroxylation is 1. The van der Waals surface area contributed by atoms with Crippen molar-refractivity contribution < 1.29 is 19.0 Å². The van der Waals surface area contributed by atoms with Gasteiger partial charge in [-0.05, 0) is 37.3 Å². The Kier molecular flexibility index (Phi) is 4.15. The number of carbonyl (C=O) groups is 1. The molecule has 2 aromatic heterocycles. The maximum atomic E-state index is 11.9. The van der Waals surface area contributed by atoms with Crippen LogP contribution < -0.4 is 25.3 Å². The van der Waals surface area contributed by atoms with Crippen LogP contribution in [0.5, 0.6) is 17.4 Å². The number of pyridine rings is 1. The first kappa shape index (κ1) is 18.3. The monoisotopic (exact) mass is 421 g/mol. The van der Waals surface area contributed by atoms with E-state index >= 15 is 0 Å². The highest BCUT2D eigenvalue weighted by molar-refractivity contribution is 5.91. The first-order valence-corrected chi connectivity index (χ1v) is 10.7. The second kappa shape index (κ2) is 7.04. The number of nitrogens with zero attached hydrogens (tertiary/aromatic N) is 3. The number of aromatic nitrogens is 3. The van der Waals surface area contributed by atoms with E-state index in [1.54, 1.807) is 6.20 Å². The number of amides is 1. The fourth-order valence-corrected chi connectivity index (χ4v) is 4.35. The van der Waals surface area contributed by atoms with Gasteiger partial charge in [0.05, 0.1) is 12.1 Å². The fourth-order valence-electron chi connectivity index (χ4n) is 4.35. The molecule has 1 atom stereocenters. The summed E-state index contributed by atoms with van der Waals surface area (Å²) in [7, 11) is 0. The lowest BCUT2D eigenvalue weighted by Gasteiger charge is -2.17. The summed E-state index contributed by atoms with van der Waals surface area (Å²) < 4.78 is 19.5. The van der Waals surface area contributed by atoms with Gasteiger partial charge in [-0.3, -0.25) is 4.79 Å². The lowest BCUT2D eigenvalue weighted by Crippen LogP contribution is -2.37. The summed E-state index contributed by atoms with van der Waals surface area (Å²) in [5.41, 5.74) is 9.01. The standard InChI is InChI=1S/C22H23N5O4/c23-20(28)18(12-2-3-12)25-14-9-15-19-16(10-14)29-5-1-4-27(19)21(26-15)13-8-17-22(24-11-13)31-7-6-30-17/h8-12,18,25H,1-7H2,(H2,23,28)/t18-/m0/s1. The lowest BCUT2D eigenvalue weighted by atomic mass is 10.1. The molecule has 31 heavy (non-hydrogen) atoms. The summed E-state index contributed by atoms with van der Waals surface area (Å²) in [6.07, 6.45) is 4.66. The SMILES string of the molecule is NC(=O)[C@@H](Nc1cc2c3c(c1)nc(-c1cnc4c(c1)OCCO4)n3CCCO2)C1CC1. The summed E-state index contributed by atoms with van der Waals surface area (Å²) in [5, 5.41) is 3.31. The molecule has 0 spiro atoms. The molecule has 4 heterocycles.